The highest BCUT2D eigenvalue weighted by Gasteiger charge is 2.23. The first-order chi connectivity index (χ1) is 8.08. The van der Waals surface area contributed by atoms with Gasteiger partial charge in [0.05, 0.1) is 5.69 Å². The van der Waals surface area contributed by atoms with Gasteiger partial charge in [-0.15, -0.1) is 24.8 Å². The Morgan fingerprint density at radius 3 is 2.68 bits per heavy atom. The molecule has 110 valence electrons. The third kappa shape index (κ3) is 4.37. The van der Waals surface area contributed by atoms with Crippen LogP contribution in [0.15, 0.2) is 6.07 Å². The summed E-state index contributed by atoms with van der Waals surface area (Å²) in [7, 11) is 0. The van der Waals surface area contributed by atoms with Crippen LogP contribution in [0.3, 0.4) is 0 Å². The van der Waals surface area contributed by atoms with E-state index < -0.39 is 0 Å². The van der Waals surface area contributed by atoms with E-state index in [1.54, 1.807) is 4.68 Å². The molecule has 0 unspecified atom stereocenters. The van der Waals surface area contributed by atoms with Gasteiger partial charge in [0, 0.05) is 31.4 Å². The van der Waals surface area contributed by atoms with E-state index in [0.29, 0.717) is 6.54 Å². The van der Waals surface area contributed by atoms with E-state index in [0.717, 1.165) is 31.0 Å². The van der Waals surface area contributed by atoms with Crippen molar-refractivity contribution in [3.8, 4) is 0 Å². The van der Waals surface area contributed by atoms with Crippen LogP contribution in [0, 0.1) is 13.8 Å². The number of nitrogens with zero attached hydrogens (tertiary/aromatic N) is 3. The molecule has 1 aliphatic rings. The molecule has 1 N–H and O–H groups in total. The average Bonchev–Trinajstić information content (AvgIpc) is 2.58. The minimum Gasteiger partial charge on any atom is -0.336 e. The smallest absolute Gasteiger partial charge is 0.244 e. The molecule has 1 aliphatic heterocycles. The van der Waals surface area contributed by atoms with E-state index in [1.165, 1.54) is 0 Å². The number of piperazine rings is 1. The lowest BCUT2D eigenvalue weighted by Crippen LogP contribution is -2.53. The van der Waals surface area contributed by atoms with E-state index >= 15 is 0 Å². The van der Waals surface area contributed by atoms with Crippen LogP contribution in [0.4, 0.5) is 0 Å². The molecule has 1 aromatic heterocycles. The summed E-state index contributed by atoms with van der Waals surface area (Å²) < 4.78 is 1.78. The lowest BCUT2D eigenvalue weighted by atomic mass is 10.2. The molecule has 2 rings (SSSR count). The first-order valence-electron chi connectivity index (χ1n) is 6.09. The summed E-state index contributed by atoms with van der Waals surface area (Å²) in [5.74, 6) is 0.158. The standard InChI is InChI=1S/C12H20N4O.2ClH/c1-9-6-10(2)16(14-9)8-12(17)15-5-4-13-7-11(15)3;;/h6,11,13H,4-5,7-8H2,1-3H3;2*1H/t11-;;/m1../s1. The van der Waals surface area contributed by atoms with Gasteiger partial charge in [0.2, 0.25) is 5.91 Å². The minimum absolute atomic E-state index is 0. The Labute approximate surface area is 126 Å². The highest BCUT2D eigenvalue weighted by atomic mass is 35.5. The van der Waals surface area contributed by atoms with Gasteiger partial charge >= 0.3 is 0 Å². The monoisotopic (exact) mass is 308 g/mol. The van der Waals surface area contributed by atoms with Crippen molar-refractivity contribution in [3.63, 3.8) is 0 Å². The van der Waals surface area contributed by atoms with E-state index in [-0.39, 0.29) is 36.8 Å². The second-order valence-corrected chi connectivity index (χ2v) is 4.73. The van der Waals surface area contributed by atoms with Gasteiger partial charge in [-0.05, 0) is 26.8 Å². The fraction of sp³-hybridized carbons (Fsp3) is 0.667. The number of rotatable bonds is 2. The third-order valence-electron chi connectivity index (χ3n) is 3.21. The Morgan fingerprint density at radius 2 is 2.16 bits per heavy atom. The quantitative estimate of drug-likeness (QED) is 0.892. The number of aromatic nitrogens is 2. The summed E-state index contributed by atoms with van der Waals surface area (Å²) in [4.78, 5) is 14.1. The first-order valence-corrected chi connectivity index (χ1v) is 6.09. The van der Waals surface area contributed by atoms with Crippen LogP contribution in [-0.4, -0.2) is 46.3 Å². The molecule has 19 heavy (non-hydrogen) atoms. The van der Waals surface area contributed by atoms with Gasteiger partial charge in [-0.25, -0.2) is 0 Å². The summed E-state index contributed by atoms with van der Waals surface area (Å²) in [6, 6.07) is 2.27. The highest BCUT2D eigenvalue weighted by Crippen LogP contribution is 2.06. The topological polar surface area (TPSA) is 50.2 Å². The fourth-order valence-electron chi connectivity index (χ4n) is 2.27. The van der Waals surface area contributed by atoms with E-state index in [1.807, 2.05) is 24.8 Å². The summed E-state index contributed by atoms with van der Waals surface area (Å²) in [6.07, 6.45) is 0. The number of hydrogen-bond donors (Lipinski definition) is 1. The van der Waals surface area contributed by atoms with Crippen LogP contribution in [-0.2, 0) is 11.3 Å². The second-order valence-electron chi connectivity index (χ2n) is 4.73. The van der Waals surface area contributed by atoms with E-state index in [9.17, 15) is 4.79 Å². The van der Waals surface area contributed by atoms with Crippen molar-refractivity contribution >= 4 is 30.7 Å². The fourth-order valence-corrected chi connectivity index (χ4v) is 2.27. The maximum atomic E-state index is 12.2. The lowest BCUT2D eigenvalue weighted by Gasteiger charge is -2.34. The second kappa shape index (κ2) is 7.72. The van der Waals surface area contributed by atoms with Crippen molar-refractivity contribution in [2.75, 3.05) is 19.6 Å². The Bertz CT molecular complexity index is 422. The predicted molar refractivity (Wildman–Crippen MR) is 80.2 cm³/mol. The molecule has 7 heteroatoms. The molecule has 0 radical (unpaired) electrons. The molecule has 0 saturated carbocycles. The predicted octanol–water partition coefficient (Wildman–Crippen LogP) is 1.16. The van der Waals surface area contributed by atoms with Gasteiger partial charge in [-0.1, -0.05) is 0 Å². The number of hydrogen-bond acceptors (Lipinski definition) is 3. The molecular weight excluding hydrogens is 287 g/mol. The lowest BCUT2D eigenvalue weighted by molar-refractivity contribution is -0.134. The molecule has 0 bridgehead atoms. The molecule has 1 saturated heterocycles. The number of carbonyl (C=O) groups is 1. The summed E-state index contributed by atoms with van der Waals surface area (Å²) in [5.41, 5.74) is 2.00. The zero-order valence-electron chi connectivity index (χ0n) is 11.5. The minimum atomic E-state index is 0. The van der Waals surface area contributed by atoms with Crippen molar-refractivity contribution in [3.05, 3.63) is 17.5 Å². The zero-order valence-corrected chi connectivity index (χ0v) is 13.2. The normalized spacial score (nSPS) is 18.5. The van der Waals surface area contributed by atoms with Gasteiger partial charge < -0.3 is 10.2 Å². The number of amides is 1. The van der Waals surface area contributed by atoms with Gasteiger partial charge in [0.1, 0.15) is 6.54 Å². The largest absolute Gasteiger partial charge is 0.336 e. The number of carbonyl (C=O) groups excluding carboxylic acids is 1. The molecule has 0 spiro atoms. The van der Waals surface area contributed by atoms with Crippen LogP contribution in [0.25, 0.3) is 0 Å². The Hall–Kier alpha value is -0.780. The Balaban J connectivity index is 0.00000162. The maximum absolute atomic E-state index is 12.2. The third-order valence-corrected chi connectivity index (χ3v) is 3.21. The van der Waals surface area contributed by atoms with Crippen LogP contribution in [0.1, 0.15) is 18.3 Å². The molecular formula is C12H22Cl2N4O. The van der Waals surface area contributed by atoms with Gasteiger partial charge in [0.25, 0.3) is 0 Å². The molecule has 1 atom stereocenters. The molecule has 1 aromatic rings. The van der Waals surface area contributed by atoms with Crippen LogP contribution in [0.5, 0.6) is 0 Å². The van der Waals surface area contributed by atoms with Crippen LogP contribution >= 0.6 is 24.8 Å². The first kappa shape index (κ1) is 18.2. The molecule has 2 heterocycles. The molecule has 1 amide bonds. The number of nitrogens with one attached hydrogen (secondary N) is 1. The van der Waals surface area contributed by atoms with Crippen molar-refractivity contribution in [1.29, 1.82) is 0 Å². The molecule has 1 fully saturated rings. The van der Waals surface area contributed by atoms with Crippen LogP contribution < -0.4 is 5.32 Å². The van der Waals surface area contributed by atoms with Gasteiger partial charge in [0.15, 0.2) is 0 Å². The van der Waals surface area contributed by atoms with Crippen molar-refractivity contribution in [2.24, 2.45) is 0 Å². The van der Waals surface area contributed by atoms with Crippen LogP contribution in [0.2, 0.25) is 0 Å². The Kier molecular flexibility index (Phi) is 7.41. The summed E-state index contributed by atoms with van der Waals surface area (Å²) >= 11 is 0. The van der Waals surface area contributed by atoms with Crippen molar-refractivity contribution < 1.29 is 4.79 Å². The maximum Gasteiger partial charge on any atom is 0.244 e. The molecule has 0 aromatic carbocycles. The molecule has 0 aliphatic carbocycles. The number of aryl methyl sites for hydroxylation is 2. The summed E-state index contributed by atoms with van der Waals surface area (Å²) in [5, 5.41) is 7.61. The average molecular weight is 309 g/mol. The van der Waals surface area contributed by atoms with Gasteiger partial charge in [-0.3, -0.25) is 9.48 Å². The Morgan fingerprint density at radius 1 is 1.47 bits per heavy atom. The molecule has 5 nitrogen and oxygen atoms in total. The van der Waals surface area contributed by atoms with E-state index in [4.69, 9.17) is 0 Å². The van der Waals surface area contributed by atoms with Gasteiger partial charge in [-0.2, -0.15) is 5.10 Å². The van der Waals surface area contributed by atoms with Crippen molar-refractivity contribution in [1.82, 2.24) is 20.0 Å². The van der Waals surface area contributed by atoms with Crippen molar-refractivity contribution in [2.45, 2.75) is 33.4 Å². The van der Waals surface area contributed by atoms with E-state index in [2.05, 4.69) is 17.3 Å². The summed E-state index contributed by atoms with van der Waals surface area (Å²) in [6.45, 7) is 8.90. The zero-order chi connectivity index (χ0) is 12.4. The highest BCUT2D eigenvalue weighted by molar-refractivity contribution is 5.85. The number of halogens is 2. The SMILES string of the molecule is Cc1cc(C)n(CC(=O)N2CCNC[C@H]2C)n1.Cl.Cl.